The van der Waals surface area contributed by atoms with Gasteiger partial charge < -0.3 is 10.3 Å². The average Bonchev–Trinajstić information content (AvgIpc) is 2.27. The van der Waals surface area contributed by atoms with Crippen molar-refractivity contribution in [2.75, 3.05) is 5.06 Å². The summed E-state index contributed by atoms with van der Waals surface area (Å²) < 4.78 is 0. The Morgan fingerprint density at radius 3 is 2.56 bits per heavy atom. The van der Waals surface area contributed by atoms with Crippen molar-refractivity contribution in [3.63, 3.8) is 0 Å². The second kappa shape index (κ2) is 4.10. The smallest absolute Gasteiger partial charge is 0.260 e. The Morgan fingerprint density at radius 2 is 2.00 bits per heavy atom. The Hall–Kier alpha value is -1.88. The second-order valence-corrected chi connectivity index (χ2v) is 5.42. The van der Waals surface area contributed by atoms with Crippen molar-refractivity contribution in [2.45, 2.75) is 32.2 Å². The minimum absolute atomic E-state index is 0.106. The van der Waals surface area contributed by atoms with Crippen molar-refractivity contribution >= 4 is 5.69 Å². The van der Waals surface area contributed by atoms with Gasteiger partial charge in [0, 0.05) is 16.7 Å². The molecule has 0 amide bonds. The van der Waals surface area contributed by atoms with Crippen molar-refractivity contribution in [1.82, 2.24) is 0 Å². The van der Waals surface area contributed by atoms with E-state index >= 15 is 0 Å². The van der Waals surface area contributed by atoms with E-state index < -0.39 is 6.04 Å². The molecule has 0 saturated carbocycles. The van der Waals surface area contributed by atoms with Gasteiger partial charge in [-0.1, -0.05) is 26.8 Å². The lowest BCUT2D eigenvalue weighted by molar-refractivity contribution is -0.515. The van der Waals surface area contributed by atoms with Crippen molar-refractivity contribution < 1.29 is 4.92 Å². The highest BCUT2D eigenvalue weighted by molar-refractivity contribution is 5.62. The lowest BCUT2D eigenvalue weighted by atomic mass is 9.84. The Kier molecular flexibility index (Phi) is 2.86. The monoisotopic (exact) mass is 247 g/mol. The maximum Gasteiger partial charge on any atom is 0.260 e. The fourth-order valence-corrected chi connectivity index (χ4v) is 1.99. The van der Waals surface area contributed by atoms with Gasteiger partial charge in [-0.3, -0.25) is 10.1 Å². The van der Waals surface area contributed by atoms with E-state index in [4.69, 9.17) is 0 Å². The van der Waals surface area contributed by atoms with Crippen LogP contribution in [0.15, 0.2) is 30.5 Å². The summed E-state index contributed by atoms with van der Waals surface area (Å²) in [6.45, 7) is 6.09. The van der Waals surface area contributed by atoms with E-state index in [1.165, 1.54) is 12.3 Å². The first kappa shape index (κ1) is 12.6. The van der Waals surface area contributed by atoms with Crippen molar-refractivity contribution in [3.8, 4) is 0 Å². The zero-order chi connectivity index (χ0) is 13.5. The van der Waals surface area contributed by atoms with Crippen LogP contribution in [0.2, 0.25) is 0 Å². The van der Waals surface area contributed by atoms with Gasteiger partial charge in [0.25, 0.3) is 6.04 Å². The molecule has 0 saturated heterocycles. The zero-order valence-electron chi connectivity index (χ0n) is 10.6. The largest absolute Gasteiger partial charge is 0.754 e. The molecule has 0 fully saturated rings. The van der Waals surface area contributed by atoms with Gasteiger partial charge in [0.15, 0.2) is 0 Å². The quantitative estimate of drug-likeness (QED) is 0.564. The predicted molar refractivity (Wildman–Crippen MR) is 69.9 cm³/mol. The Labute approximate surface area is 105 Å². The molecule has 0 N–H and O–H groups in total. The summed E-state index contributed by atoms with van der Waals surface area (Å²) in [7, 11) is 0. The summed E-state index contributed by atoms with van der Waals surface area (Å²) in [6, 6.07) is 4.33. The number of rotatable bonds is 1. The normalized spacial score (nSPS) is 18.7. The summed E-state index contributed by atoms with van der Waals surface area (Å²) in [5, 5.41) is 23.3. The van der Waals surface area contributed by atoms with Gasteiger partial charge in [0.2, 0.25) is 0 Å². The van der Waals surface area contributed by atoms with E-state index in [1.54, 1.807) is 12.1 Å². The number of nitrogens with zero attached hydrogens (tertiary/aromatic N) is 2. The molecule has 1 aliphatic heterocycles. The van der Waals surface area contributed by atoms with Crippen molar-refractivity contribution in [1.29, 1.82) is 0 Å². The third-order valence-electron chi connectivity index (χ3n) is 3.08. The molecule has 0 spiro atoms. The van der Waals surface area contributed by atoms with Crippen LogP contribution in [0.25, 0.3) is 0 Å². The van der Waals surface area contributed by atoms with E-state index in [0.29, 0.717) is 16.3 Å². The average molecular weight is 247 g/mol. The fraction of sp³-hybridized carbons (Fsp3) is 0.385. The minimum atomic E-state index is -0.938. The number of hydroxylamine groups is 1. The lowest BCUT2D eigenvalue weighted by Crippen LogP contribution is -2.21. The van der Waals surface area contributed by atoms with Gasteiger partial charge in [-0.15, -0.1) is 0 Å². The molecule has 0 bridgehead atoms. The maximum atomic E-state index is 11.6. The van der Waals surface area contributed by atoms with E-state index in [9.17, 15) is 15.3 Å². The van der Waals surface area contributed by atoms with Crippen LogP contribution in [0.1, 0.15) is 37.9 Å². The Morgan fingerprint density at radius 1 is 1.33 bits per heavy atom. The van der Waals surface area contributed by atoms with Crippen LogP contribution in [0, 0.1) is 15.3 Å². The number of anilines is 1. The summed E-state index contributed by atoms with van der Waals surface area (Å²) in [6.07, 6.45) is 2.52. The Bertz CT molecular complexity index is 517. The van der Waals surface area contributed by atoms with E-state index in [0.717, 1.165) is 5.56 Å². The zero-order valence-corrected chi connectivity index (χ0v) is 10.6. The molecule has 0 aliphatic carbocycles. The van der Waals surface area contributed by atoms with E-state index in [-0.39, 0.29) is 10.3 Å². The summed E-state index contributed by atoms with van der Waals surface area (Å²) >= 11 is 0. The molecule has 1 heterocycles. The van der Waals surface area contributed by atoms with Crippen LogP contribution in [-0.4, -0.2) is 4.92 Å². The highest BCUT2D eigenvalue weighted by Gasteiger charge is 2.28. The van der Waals surface area contributed by atoms with Crippen molar-refractivity contribution in [2.24, 2.45) is 0 Å². The topological polar surface area (TPSA) is 69.4 Å². The summed E-state index contributed by atoms with van der Waals surface area (Å²) in [5.41, 5.74) is 1.69. The third kappa shape index (κ3) is 2.09. The molecule has 96 valence electrons. The number of fused-ring (bicyclic) bond motifs is 1. The SMILES string of the molecule is CC(C)(C)c1ccc2c(c1)C([N+](=O)[O-])C=CN2[O-]. The molecule has 18 heavy (non-hydrogen) atoms. The molecule has 5 nitrogen and oxygen atoms in total. The van der Waals surface area contributed by atoms with Crippen LogP contribution >= 0.6 is 0 Å². The van der Waals surface area contributed by atoms with Crippen LogP contribution in [-0.2, 0) is 5.41 Å². The molecule has 0 aromatic heterocycles. The fourth-order valence-electron chi connectivity index (χ4n) is 1.99. The van der Waals surface area contributed by atoms with Crippen molar-refractivity contribution in [3.05, 3.63) is 56.9 Å². The van der Waals surface area contributed by atoms with Gasteiger partial charge in [-0.25, -0.2) is 0 Å². The number of nitro groups is 1. The molecule has 1 atom stereocenters. The first-order chi connectivity index (χ1) is 8.30. The van der Waals surface area contributed by atoms with Gasteiger partial charge in [0.05, 0.1) is 5.56 Å². The third-order valence-corrected chi connectivity index (χ3v) is 3.08. The van der Waals surface area contributed by atoms with E-state index in [2.05, 4.69) is 0 Å². The summed E-state index contributed by atoms with van der Waals surface area (Å²) in [5.74, 6) is 0. The first-order valence-corrected chi connectivity index (χ1v) is 5.73. The van der Waals surface area contributed by atoms with Gasteiger partial charge in [-0.2, -0.15) is 0 Å². The highest BCUT2D eigenvalue weighted by atomic mass is 16.6. The molecule has 1 aliphatic rings. The van der Waals surface area contributed by atoms with Gasteiger partial charge in [-0.05, 0) is 29.3 Å². The number of hydrogen-bond donors (Lipinski definition) is 0. The van der Waals surface area contributed by atoms with Crippen LogP contribution < -0.4 is 5.06 Å². The minimum Gasteiger partial charge on any atom is -0.754 e. The lowest BCUT2D eigenvalue weighted by Gasteiger charge is -2.33. The molecule has 0 radical (unpaired) electrons. The molecular formula is C13H15N2O3-. The van der Waals surface area contributed by atoms with Gasteiger partial charge in [0.1, 0.15) is 0 Å². The standard InChI is InChI=1S/C13H15N2O3/c1-13(2,3)9-4-5-11-10(8-9)12(15(17)18)6-7-14(11)16/h4-8,12H,1-3H3/q-1. The molecule has 2 rings (SSSR count). The molecular weight excluding hydrogens is 232 g/mol. The number of benzene rings is 1. The maximum absolute atomic E-state index is 11.6. The first-order valence-electron chi connectivity index (χ1n) is 5.73. The van der Waals surface area contributed by atoms with Gasteiger partial charge >= 0.3 is 0 Å². The molecule has 1 aromatic rings. The van der Waals surface area contributed by atoms with Crippen LogP contribution in [0.5, 0.6) is 0 Å². The summed E-state index contributed by atoms with van der Waals surface area (Å²) in [4.78, 5) is 10.6. The second-order valence-electron chi connectivity index (χ2n) is 5.42. The predicted octanol–water partition coefficient (Wildman–Crippen LogP) is 3.13. The van der Waals surface area contributed by atoms with Crippen LogP contribution in [0.4, 0.5) is 5.69 Å². The number of hydrogen-bond acceptors (Lipinski definition) is 4. The van der Waals surface area contributed by atoms with E-state index in [1.807, 2.05) is 26.8 Å². The highest BCUT2D eigenvalue weighted by Crippen LogP contribution is 2.36. The molecule has 5 heteroatoms. The van der Waals surface area contributed by atoms with Crippen LogP contribution in [0.3, 0.4) is 0 Å². The molecule has 1 unspecified atom stereocenters. The molecule has 1 aromatic carbocycles. The Balaban J connectivity index is 2.56.